The first-order valence-electron chi connectivity index (χ1n) is 12.9. The van der Waals surface area contributed by atoms with Gasteiger partial charge in [-0.2, -0.15) is 9.97 Å². The van der Waals surface area contributed by atoms with Crippen molar-refractivity contribution in [3.63, 3.8) is 0 Å². The average molecular weight is 499 g/mol. The number of halogens is 1. The number of aromatic nitrogens is 5. The van der Waals surface area contributed by atoms with Crippen LogP contribution in [0.4, 0.5) is 15.9 Å². The summed E-state index contributed by atoms with van der Waals surface area (Å²) in [5.74, 6) is 1.01. The van der Waals surface area contributed by atoms with Crippen molar-refractivity contribution in [2.24, 2.45) is 11.1 Å². The van der Waals surface area contributed by atoms with Gasteiger partial charge in [-0.05, 0) is 48.9 Å². The first kappa shape index (κ1) is 21.3. The Hall–Kier alpha value is -3.79. The molecule has 3 N–H and O–H groups in total. The van der Waals surface area contributed by atoms with Crippen LogP contribution in [0.3, 0.4) is 0 Å². The zero-order chi connectivity index (χ0) is 24.9. The van der Waals surface area contributed by atoms with Gasteiger partial charge in [0, 0.05) is 61.4 Å². The van der Waals surface area contributed by atoms with E-state index in [9.17, 15) is 4.39 Å². The lowest BCUT2D eigenvalue weighted by atomic mass is 10.0. The Morgan fingerprint density at radius 2 is 2.03 bits per heavy atom. The van der Waals surface area contributed by atoms with Gasteiger partial charge in [-0.1, -0.05) is 0 Å². The second-order valence-corrected chi connectivity index (χ2v) is 10.9. The van der Waals surface area contributed by atoms with Gasteiger partial charge in [0.1, 0.15) is 17.2 Å². The molecule has 0 amide bonds. The molecule has 10 heteroatoms. The van der Waals surface area contributed by atoms with Gasteiger partial charge in [0.25, 0.3) is 0 Å². The second-order valence-electron chi connectivity index (χ2n) is 10.9. The molecule has 4 aliphatic rings. The molecule has 2 saturated carbocycles. The normalized spacial score (nSPS) is 20.9. The van der Waals surface area contributed by atoms with E-state index in [1.54, 1.807) is 12.3 Å². The molecule has 1 atom stereocenters. The van der Waals surface area contributed by atoms with E-state index in [4.69, 9.17) is 20.4 Å². The van der Waals surface area contributed by atoms with Crippen molar-refractivity contribution in [3.8, 4) is 22.9 Å². The number of rotatable bonds is 5. The minimum absolute atomic E-state index is 0.0944. The summed E-state index contributed by atoms with van der Waals surface area (Å²) >= 11 is 0. The Bertz CT molecular complexity index is 1590. The van der Waals surface area contributed by atoms with Crippen molar-refractivity contribution < 1.29 is 9.13 Å². The number of benzene rings is 1. The smallest absolute Gasteiger partial charge is 0.324 e. The van der Waals surface area contributed by atoms with Gasteiger partial charge in [-0.15, -0.1) is 0 Å². The third-order valence-corrected chi connectivity index (χ3v) is 8.48. The molecular weight excluding hydrogens is 471 g/mol. The topological polar surface area (TPSA) is 107 Å². The summed E-state index contributed by atoms with van der Waals surface area (Å²) in [5, 5.41) is 3.14. The zero-order valence-electron chi connectivity index (χ0n) is 20.5. The minimum atomic E-state index is -0.288. The number of ether oxygens (including phenoxy) is 1. The Morgan fingerprint density at radius 3 is 2.78 bits per heavy atom. The molecule has 188 valence electrons. The predicted molar refractivity (Wildman–Crippen MR) is 138 cm³/mol. The molecule has 1 saturated heterocycles. The van der Waals surface area contributed by atoms with Gasteiger partial charge >= 0.3 is 6.01 Å². The number of imidazole rings is 1. The van der Waals surface area contributed by atoms with Crippen LogP contribution in [0.15, 0.2) is 30.7 Å². The molecule has 3 aliphatic carbocycles. The van der Waals surface area contributed by atoms with Crippen LogP contribution in [0.2, 0.25) is 0 Å². The zero-order valence-corrected chi connectivity index (χ0v) is 20.5. The number of fused-ring (bicyclic) bond motifs is 4. The van der Waals surface area contributed by atoms with E-state index in [0.717, 1.165) is 64.4 Å². The first-order valence-corrected chi connectivity index (χ1v) is 12.9. The number of anilines is 2. The maximum absolute atomic E-state index is 14.6. The fourth-order valence-electron chi connectivity index (χ4n) is 6.12. The Balaban J connectivity index is 1.22. The van der Waals surface area contributed by atoms with Crippen LogP contribution in [-0.4, -0.2) is 50.7 Å². The lowest BCUT2D eigenvalue weighted by Crippen LogP contribution is -2.30. The molecule has 37 heavy (non-hydrogen) atoms. The lowest BCUT2D eigenvalue weighted by molar-refractivity contribution is 0.439. The van der Waals surface area contributed by atoms with Gasteiger partial charge in [0.05, 0.1) is 18.2 Å². The molecule has 1 aromatic carbocycles. The molecule has 9 nitrogen and oxygen atoms in total. The molecular formula is C27H27FN8O. The number of nitrogens with one attached hydrogen (secondary N) is 1. The third-order valence-electron chi connectivity index (χ3n) is 8.48. The summed E-state index contributed by atoms with van der Waals surface area (Å²) in [7, 11) is 1.81. The molecule has 4 heterocycles. The van der Waals surface area contributed by atoms with Gasteiger partial charge in [0.2, 0.25) is 0 Å². The third kappa shape index (κ3) is 3.24. The predicted octanol–water partition coefficient (Wildman–Crippen LogP) is 4.03. The summed E-state index contributed by atoms with van der Waals surface area (Å²) in [6, 6.07) is 5.85. The first-order chi connectivity index (χ1) is 18.0. The van der Waals surface area contributed by atoms with E-state index in [2.05, 4.69) is 24.8 Å². The van der Waals surface area contributed by atoms with Crippen molar-refractivity contribution in [1.82, 2.24) is 24.5 Å². The van der Waals surface area contributed by atoms with E-state index in [-0.39, 0.29) is 23.3 Å². The van der Waals surface area contributed by atoms with Crippen molar-refractivity contribution in [2.75, 3.05) is 30.4 Å². The van der Waals surface area contributed by atoms with Gasteiger partial charge < -0.3 is 25.3 Å². The van der Waals surface area contributed by atoms with Crippen LogP contribution in [0.5, 0.6) is 11.8 Å². The van der Waals surface area contributed by atoms with E-state index < -0.39 is 0 Å². The van der Waals surface area contributed by atoms with Crippen molar-refractivity contribution in [1.29, 1.82) is 0 Å². The molecule has 1 spiro atoms. The van der Waals surface area contributed by atoms with Crippen LogP contribution < -0.4 is 20.7 Å². The van der Waals surface area contributed by atoms with E-state index in [1.807, 2.05) is 19.4 Å². The summed E-state index contributed by atoms with van der Waals surface area (Å²) in [6.07, 6.45) is 8.73. The highest BCUT2D eigenvalue weighted by Gasteiger charge is 2.54. The quantitative estimate of drug-likeness (QED) is 0.374. The van der Waals surface area contributed by atoms with Crippen LogP contribution in [0, 0.1) is 11.2 Å². The standard InChI is InChI=1S/C27H27FN8O/c1-30-19-7-14(28)6-18-17(19)9-20-23(18)25(35-11-22(29)27(12-35)4-5-27)34-26(33-20)37-16-8-21-24(31-10-16)36(13-32-21)15-2-3-15/h6-8,10,13,15,22,30H,2-5,9,11-12,29H2,1H3/t22-/m0/s1. The molecule has 1 aliphatic heterocycles. The van der Waals surface area contributed by atoms with Crippen LogP contribution in [0.1, 0.15) is 43.0 Å². The van der Waals surface area contributed by atoms with Gasteiger partial charge in [-0.3, -0.25) is 0 Å². The SMILES string of the molecule is CNc1cc(F)cc2c1Cc1nc(Oc3cnc4c(c3)ncn4C3CC3)nc(N3C[C@H](N)C4(CC4)C3)c1-2. The summed E-state index contributed by atoms with van der Waals surface area (Å²) in [5.41, 5.74) is 12.7. The molecule has 3 aromatic heterocycles. The second kappa shape index (κ2) is 7.38. The minimum Gasteiger partial charge on any atom is -0.423 e. The van der Waals surface area contributed by atoms with E-state index >= 15 is 0 Å². The van der Waals surface area contributed by atoms with Crippen molar-refractivity contribution >= 4 is 22.7 Å². The van der Waals surface area contributed by atoms with E-state index in [1.165, 1.54) is 18.9 Å². The molecule has 3 fully saturated rings. The molecule has 8 rings (SSSR count). The Kier molecular flexibility index (Phi) is 4.25. The number of hydrogen-bond donors (Lipinski definition) is 2. The van der Waals surface area contributed by atoms with Gasteiger partial charge in [-0.25, -0.2) is 14.4 Å². The number of nitrogens with zero attached hydrogens (tertiary/aromatic N) is 6. The number of nitrogens with two attached hydrogens (primary N) is 1. The maximum Gasteiger partial charge on any atom is 0.324 e. The van der Waals surface area contributed by atoms with Gasteiger partial charge in [0.15, 0.2) is 11.4 Å². The Labute approximate surface area is 212 Å². The number of hydrogen-bond acceptors (Lipinski definition) is 8. The highest BCUT2D eigenvalue weighted by atomic mass is 19.1. The summed E-state index contributed by atoms with van der Waals surface area (Å²) < 4.78 is 22.9. The van der Waals surface area contributed by atoms with E-state index in [0.29, 0.717) is 24.8 Å². The molecule has 4 aromatic rings. The molecule has 0 bridgehead atoms. The monoisotopic (exact) mass is 498 g/mol. The van der Waals surface area contributed by atoms with Crippen LogP contribution in [0.25, 0.3) is 22.3 Å². The molecule has 0 unspecified atom stereocenters. The summed E-state index contributed by atoms with van der Waals surface area (Å²) in [4.78, 5) is 21.1. The fraction of sp³-hybridized carbons (Fsp3) is 0.407. The van der Waals surface area contributed by atoms with Crippen molar-refractivity contribution in [3.05, 3.63) is 47.8 Å². The largest absolute Gasteiger partial charge is 0.423 e. The lowest BCUT2D eigenvalue weighted by Gasteiger charge is -2.21. The van der Waals surface area contributed by atoms with Crippen molar-refractivity contribution in [2.45, 2.75) is 44.2 Å². The number of pyridine rings is 1. The highest BCUT2D eigenvalue weighted by Crippen LogP contribution is 2.54. The van der Waals surface area contributed by atoms with Crippen LogP contribution in [-0.2, 0) is 6.42 Å². The summed E-state index contributed by atoms with van der Waals surface area (Å²) in [6.45, 7) is 1.55. The average Bonchev–Trinajstić information content (AvgIpc) is 3.78. The highest BCUT2D eigenvalue weighted by molar-refractivity contribution is 5.88. The van der Waals surface area contributed by atoms with Crippen LogP contribution >= 0.6 is 0 Å². The fourth-order valence-corrected chi connectivity index (χ4v) is 6.12. The Morgan fingerprint density at radius 1 is 1.16 bits per heavy atom. The molecule has 0 radical (unpaired) electrons. The maximum atomic E-state index is 14.6.